The van der Waals surface area contributed by atoms with Crippen LogP contribution in [0.3, 0.4) is 0 Å². The second kappa shape index (κ2) is 5.13. The maximum atomic E-state index is 3.43. The van der Waals surface area contributed by atoms with Gasteiger partial charge in [0.1, 0.15) is 0 Å². The molecule has 1 heterocycles. The smallest absolute Gasteiger partial charge is 0.0105 e. The normalized spacial score (nSPS) is 30.5. The molecule has 0 radical (unpaired) electrons. The summed E-state index contributed by atoms with van der Waals surface area (Å²) in [4.78, 5) is 2.77. The minimum absolute atomic E-state index is 0.520. The fourth-order valence-electron chi connectivity index (χ4n) is 4.60. The van der Waals surface area contributed by atoms with E-state index in [0.29, 0.717) is 10.8 Å². The van der Waals surface area contributed by atoms with Crippen LogP contribution in [0.1, 0.15) is 59.8 Å². The average Bonchev–Trinajstić information content (AvgIpc) is 2.25. The molecule has 1 aliphatic heterocycles. The van der Waals surface area contributed by atoms with Crippen molar-refractivity contribution in [2.45, 2.75) is 71.9 Å². The van der Waals surface area contributed by atoms with Gasteiger partial charge in [-0.2, -0.15) is 0 Å². The van der Waals surface area contributed by atoms with Crippen LogP contribution in [0.5, 0.6) is 0 Å². The van der Waals surface area contributed by atoms with Gasteiger partial charge in [0.05, 0.1) is 0 Å². The van der Waals surface area contributed by atoms with E-state index in [-0.39, 0.29) is 0 Å². The van der Waals surface area contributed by atoms with Crippen LogP contribution < -0.4 is 5.32 Å². The van der Waals surface area contributed by atoms with Gasteiger partial charge in [-0.3, -0.25) is 0 Å². The molecule has 2 rings (SSSR count). The van der Waals surface area contributed by atoms with Crippen LogP contribution in [0.15, 0.2) is 0 Å². The minimum atomic E-state index is 0.520. The molecule has 0 spiro atoms. The third kappa shape index (κ3) is 3.48. The number of likely N-dealkylation sites (tertiary alicyclic amines) is 1. The summed E-state index contributed by atoms with van der Waals surface area (Å²) in [5, 5.41) is 3.43. The molecule has 0 bridgehead atoms. The highest BCUT2D eigenvalue weighted by Crippen LogP contribution is 2.47. The van der Waals surface area contributed by atoms with Crippen molar-refractivity contribution in [2.24, 2.45) is 10.8 Å². The lowest BCUT2D eigenvalue weighted by Gasteiger charge is -2.50. The van der Waals surface area contributed by atoms with Crippen molar-refractivity contribution >= 4 is 0 Å². The summed E-state index contributed by atoms with van der Waals surface area (Å²) in [6.07, 6.45) is 6.81. The van der Waals surface area contributed by atoms with Crippen molar-refractivity contribution in [2.75, 3.05) is 20.1 Å². The van der Waals surface area contributed by atoms with Crippen LogP contribution >= 0.6 is 0 Å². The van der Waals surface area contributed by atoms with Crippen LogP contribution in [-0.4, -0.2) is 37.1 Å². The van der Waals surface area contributed by atoms with E-state index in [9.17, 15) is 0 Å². The van der Waals surface area contributed by atoms with Gasteiger partial charge in [0, 0.05) is 12.1 Å². The van der Waals surface area contributed by atoms with E-state index in [2.05, 4.69) is 45.0 Å². The molecule has 0 aromatic rings. The number of piperidine rings is 1. The van der Waals surface area contributed by atoms with Gasteiger partial charge in [-0.1, -0.05) is 27.7 Å². The van der Waals surface area contributed by atoms with Crippen LogP contribution in [0.4, 0.5) is 0 Å². The fraction of sp³-hybridized carbons (Fsp3) is 1.00. The maximum absolute atomic E-state index is 3.43. The Morgan fingerprint density at radius 2 is 1.44 bits per heavy atom. The first kappa shape index (κ1) is 14.3. The number of hydrogen-bond acceptors (Lipinski definition) is 2. The van der Waals surface area contributed by atoms with Crippen molar-refractivity contribution in [3.63, 3.8) is 0 Å². The number of nitrogens with zero attached hydrogens (tertiary/aromatic N) is 1. The molecule has 2 heteroatoms. The van der Waals surface area contributed by atoms with E-state index < -0.39 is 0 Å². The van der Waals surface area contributed by atoms with Gasteiger partial charge in [0.15, 0.2) is 0 Å². The highest BCUT2D eigenvalue weighted by Gasteiger charge is 2.40. The molecule has 2 fully saturated rings. The monoisotopic (exact) mass is 252 g/mol. The lowest BCUT2D eigenvalue weighted by Crippen LogP contribution is -2.51. The molecule has 0 atom stereocenters. The standard InChI is InChI=1S/C16H32N2/c1-15(2)10-14(11-16(3,4)12-15)18-8-6-13(17-5)7-9-18/h13-14,17H,6-12H2,1-5H3. The van der Waals surface area contributed by atoms with Crippen molar-refractivity contribution < 1.29 is 0 Å². The van der Waals surface area contributed by atoms with E-state index in [0.717, 1.165) is 12.1 Å². The molecule has 1 saturated heterocycles. The quantitative estimate of drug-likeness (QED) is 0.811. The van der Waals surface area contributed by atoms with Gasteiger partial charge in [0.2, 0.25) is 0 Å². The van der Waals surface area contributed by atoms with E-state index >= 15 is 0 Å². The maximum Gasteiger partial charge on any atom is 0.0105 e. The Morgan fingerprint density at radius 1 is 0.944 bits per heavy atom. The first-order chi connectivity index (χ1) is 8.31. The Morgan fingerprint density at radius 3 is 1.89 bits per heavy atom. The topological polar surface area (TPSA) is 15.3 Å². The summed E-state index contributed by atoms with van der Waals surface area (Å²) >= 11 is 0. The van der Waals surface area contributed by atoms with Gasteiger partial charge in [0.25, 0.3) is 0 Å². The first-order valence-corrected chi connectivity index (χ1v) is 7.73. The second-order valence-electron chi connectivity index (χ2n) is 8.17. The highest BCUT2D eigenvalue weighted by molar-refractivity contribution is 4.94. The zero-order valence-electron chi connectivity index (χ0n) is 13.1. The van der Waals surface area contributed by atoms with Gasteiger partial charge < -0.3 is 10.2 Å². The molecule has 0 aromatic heterocycles. The van der Waals surface area contributed by atoms with Gasteiger partial charge in [-0.25, -0.2) is 0 Å². The predicted octanol–water partition coefficient (Wildman–Crippen LogP) is 3.28. The molecular formula is C16H32N2. The molecule has 2 aliphatic rings. The summed E-state index contributed by atoms with van der Waals surface area (Å²) in [7, 11) is 2.10. The molecule has 106 valence electrons. The van der Waals surface area contributed by atoms with Crippen molar-refractivity contribution in [3.05, 3.63) is 0 Å². The number of hydrogen-bond donors (Lipinski definition) is 1. The van der Waals surface area contributed by atoms with Crippen molar-refractivity contribution in [1.29, 1.82) is 0 Å². The predicted molar refractivity (Wildman–Crippen MR) is 78.9 cm³/mol. The first-order valence-electron chi connectivity index (χ1n) is 7.73. The largest absolute Gasteiger partial charge is 0.317 e. The SMILES string of the molecule is CNC1CCN(C2CC(C)(C)CC(C)(C)C2)CC1. The Labute approximate surface area is 114 Å². The lowest BCUT2D eigenvalue weighted by atomic mass is 9.63. The Balaban J connectivity index is 1.96. The highest BCUT2D eigenvalue weighted by atomic mass is 15.2. The molecule has 1 saturated carbocycles. The summed E-state index contributed by atoms with van der Waals surface area (Å²) in [6, 6.07) is 1.58. The molecule has 1 aliphatic carbocycles. The van der Waals surface area contributed by atoms with E-state index in [4.69, 9.17) is 0 Å². The Kier molecular flexibility index (Phi) is 4.08. The lowest BCUT2D eigenvalue weighted by molar-refractivity contribution is 0.0131. The van der Waals surface area contributed by atoms with Crippen molar-refractivity contribution in [3.8, 4) is 0 Å². The zero-order chi connectivity index (χ0) is 13.4. The van der Waals surface area contributed by atoms with Gasteiger partial charge >= 0.3 is 0 Å². The molecule has 1 N–H and O–H groups in total. The fourth-order valence-corrected chi connectivity index (χ4v) is 4.60. The number of rotatable bonds is 2. The van der Waals surface area contributed by atoms with E-state index in [1.165, 1.54) is 45.2 Å². The zero-order valence-corrected chi connectivity index (χ0v) is 13.1. The van der Waals surface area contributed by atoms with Gasteiger partial charge in [-0.05, 0) is 63.1 Å². The third-order valence-corrected chi connectivity index (χ3v) is 4.99. The summed E-state index contributed by atoms with van der Waals surface area (Å²) in [5.41, 5.74) is 1.04. The van der Waals surface area contributed by atoms with Crippen molar-refractivity contribution in [1.82, 2.24) is 10.2 Å². The molecule has 0 amide bonds. The average molecular weight is 252 g/mol. The minimum Gasteiger partial charge on any atom is -0.317 e. The molecule has 18 heavy (non-hydrogen) atoms. The summed E-state index contributed by atoms with van der Waals surface area (Å²) < 4.78 is 0. The third-order valence-electron chi connectivity index (χ3n) is 4.99. The molecule has 0 unspecified atom stereocenters. The molecule has 0 aromatic carbocycles. The molecule has 2 nitrogen and oxygen atoms in total. The summed E-state index contributed by atoms with van der Waals surface area (Å²) in [6.45, 7) is 12.4. The molecular weight excluding hydrogens is 220 g/mol. The van der Waals surface area contributed by atoms with Crippen LogP contribution in [-0.2, 0) is 0 Å². The Hall–Kier alpha value is -0.0800. The van der Waals surface area contributed by atoms with Crippen LogP contribution in [0.2, 0.25) is 0 Å². The van der Waals surface area contributed by atoms with Gasteiger partial charge in [-0.15, -0.1) is 0 Å². The van der Waals surface area contributed by atoms with Crippen LogP contribution in [0, 0.1) is 10.8 Å². The van der Waals surface area contributed by atoms with Crippen LogP contribution in [0.25, 0.3) is 0 Å². The number of nitrogens with one attached hydrogen (secondary N) is 1. The summed E-state index contributed by atoms with van der Waals surface area (Å²) in [5.74, 6) is 0. The second-order valence-corrected chi connectivity index (χ2v) is 8.17. The van der Waals surface area contributed by atoms with E-state index in [1.54, 1.807) is 0 Å². The van der Waals surface area contributed by atoms with E-state index in [1.807, 2.05) is 0 Å². The Bertz CT molecular complexity index is 259.